The van der Waals surface area contributed by atoms with Gasteiger partial charge in [-0.05, 0) is 73.7 Å². The van der Waals surface area contributed by atoms with Crippen LogP contribution in [0.25, 0.3) is 0 Å². The Hall–Kier alpha value is -2.54. The number of nitrogens with zero attached hydrogens (tertiary/aromatic N) is 1. The van der Waals surface area contributed by atoms with Crippen LogP contribution >= 0.6 is 0 Å². The molecule has 7 heteroatoms. The van der Waals surface area contributed by atoms with E-state index >= 15 is 0 Å². The van der Waals surface area contributed by atoms with Crippen LogP contribution in [0.15, 0.2) is 47.4 Å². The molecule has 1 aliphatic carbocycles. The Labute approximate surface area is 178 Å². The molecule has 1 heterocycles. The van der Waals surface area contributed by atoms with E-state index in [0.717, 1.165) is 49.8 Å². The Morgan fingerprint density at radius 3 is 2.57 bits per heavy atom. The van der Waals surface area contributed by atoms with Crippen molar-refractivity contribution in [2.24, 2.45) is 5.92 Å². The number of amides is 1. The number of ether oxygens (including phenoxy) is 1. The average molecular weight is 429 g/mol. The zero-order chi connectivity index (χ0) is 21.1. The molecule has 30 heavy (non-hydrogen) atoms. The predicted octanol–water partition coefficient (Wildman–Crippen LogP) is 4.36. The topological polar surface area (TPSA) is 75.7 Å². The summed E-state index contributed by atoms with van der Waals surface area (Å²) in [5, 5.41) is 0. The van der Waals surface area contributed by atoms with Crippen molar-refractivity contribution in [2.75, 3.05) is 22.8 Å². The fraction of sp³-hybridized carbons (Fsp3) is 0.435. The minimum atomic E-state index is -3.70. The first kappa shape index (κ1) is 20.7. The van der Waals surface area contributed by atoms with Crippen LogP contribution in [0.4, 0.5) is 11.4 Å². The highest BCUT2D eigenvalue weighted by Crippen LogP contribution is 2.35. The number of carbonyl (C=O) groups excluding carboxylic acids is 1. The third-order valence-corrected chi connectivity index (χ3v) is 7.20. The molecule has 1 aliphatic heterocycles. The van der Waals surface area contributed by atoms with Crippen molar-refractivity contribution in [1.29, 1.82) is 0 Å². The first-order valence-electron chi connectivity index (χ1n) is 10.7. The Morgan fingerprint density at radius 1 is 1.13 bits per heavy atom. The third-order valence-electron chi connectivity index (χ3n) is 5.80. The van der Waals surface area contributed by atoms with E-state index in [1.165, 1.54) is 0 Å². The van der Waals surface area contributed by atoms with E-state index in [9.17, 15) is 13.2 Å². The molecule has 2 aromatic rings. The number of hydrogen-bond acceptors (Lipinski definition) is 4. The smallest absolute Gasteiger partial charge is 0.261 e. The number of anilines is 2. The summed E-state index contributed by atoms with van der Waals surface area (Å²) in [7, 11) is -3.70. The molecule has 0 unspecified atom stereocenters. The molecule has 0 aromatic heterocycles. The van der Waals surface area contributed by atoms with E-state index in [0.29, 0.717) is 24.6 Å². The van der Waals surface area contributed by atoms with E-state index in [1.54, 1.807) is 30.3 Å². The lowest BCUT2D eigenvalue weighted by atomic mass is 10.1. The summed E-state index contributed by atoms with van der Waals surface area (Å²) in [6, 6.07) is 11.8. The van der Waals surface area contributed by atoms with Crippen molar-refractivity contribution in [2.45, 2.75) is 50.3 Å². The molecule has 1 saturated carbocycles. The molecule has 2 aromatic carbocycles. The molecule has 0 radical (unpaired) electrons. The highest BCUT2D eigenvalue weighted by Gasteiger charge is 2.32. The Balaban J connectivity index is 1.47. The third kappa shape index (κ3) is 4.31. The van der Waals surface area contributed by atoms with Crippen molar-refractivity contribution in [3.63, 3.8) is 0 Å². The maximum atomic E-state index is 12.8. The summed E-state index contributed by atoms with van der Waals surface area (Å²) in [5.41, 5.74) is 2.42. The van der Waals surface area contributed by atoms with Crippen molar-refractivity contribution in [3.05, 3.63) is 48.0 Å². The van der Waals surface area contributed by atoms with Crippen LogP contribution in [-0.2, 0) is 21.2 Å². The normalized spacial score (nSPS) is 16.5. The van der Waals surface area contributed by atoms with Gasteiger partial charge in [0.2, 0.25) is 5.91 Å². The van der Waals surface area contributed by atoms with Gasteiger partial charge in [0, 0.05) is 23.8 Å². The maximum absolute atomic E-state index is 12.8. The molecule has 2 aliphatic rings. The SMILES string of the molecule is CCCOc1ccc(S(=O)(=O)Nc2ccc3c(c2)CCN3C(=O)C2CCCC2)cc1. The largest absolute Gasteiger partial charge is 0.494 e. The summed E-state index contributed by atoms with van der Waals surface area (Å²) in [6.45, 7) is 3.28. The van der Waals surface area contributed by atoms with E-state index < -0.39 is 10.0 Å². The standard InChI is InChI=1S/C23H28N2O4S/c1-2-15-29-20-8-10-21(11-9-20)30(27,28)24-19-7-12-22-18(16-19)13-14-25(22)23(26)17-5-3-4-6-17/h7-12,16-17,24H,2-6,13-15H2,1H3. The van der Waals surface area contributed by atoms with Gasteiger partial charge in [-0.2, -0.15) is 0 Å². The number of benzene rings is 2. The zero-order valence-corrected chi connectivity index (χ0v) is 18.1. The van der Waals surface area contributed by atoms with Crippen molar-refractivity contribution >= 4 is 27.3 Å². The van der Waals surface area contributed by atoms with Crippen LogP contribution in [0, 0.1) is 5.92 Å². The molecule has 0 bridgehead atoms. The fourth-order valence-electron chi connectivity index (χ4n) is 4.24. The molecular formula is C23H28N2O4S. The first-order chi connectivity index (χ1) is 14.5. The average Bonchev–Trinajstić information content (AvgIpc) is 3.42. The van der Waals surface area contributed by atoms with E-state index in [-0.39, 0.29) is 16.7 Å². The van der Waals surface area contributed by atoms with Gasteiger partial charge in [-0.25, -0.2) is 8.42 Å². The molecule has 4 rings (SSSR count). The van der Waals surface area contributed by atoms with Gasteiger partial charge in [-0.1, -0.05) is 19.8 Å². The van der Waals surface area contributed by atoms with Crippen LogP contribution in [0.2, 0.25) is 0 Å². The van der Waals surface area contributed by atoms with Gasteiger partial charge in [-0.3, -0.25) is 9.52 Å². The van der Waals surface area contributed by atoms with Gasteiger partial charge in [0.05, 0.1) is 11.5 Å². The summed E-state index contributed by atoms with van der Waals surface area (Å²) >= 11 is 0. The van der Waals surface area contributed by atoms with Crippen LogP contribution in [0.3, 0.4) is 0 Å². The van der Waals surface area contributed by atoms with Crippen LogP contribution in [-0.4, -0.2) is 27.5 Å². The number of sulfonamides is 1. The summed E-state index contributed by atoms with van der Waals surface area (Å²) in [5.74, 6) is 1.00. The summed E-state index contributed by atoms with van der Waals surface area (Å²) in [6.07, 6.45) is 5.85. The lowest BCUT2D eigenvalue weighted by molar-refractivity contribution is -0.122. The summed E-state index contributed by atoms with van der Waals surface area (Å²) in [4.78, 5) is 14.9. The van der Waals surface area contributed by atoms with Crippen molar-refractivity contribution in [3.8, 4) is 5.75 Å². The summed E-state index contributed by atoms with van der Waals surface area (Å²) < 4.78 is 33.7. The van der Waals surface area contributed by atoms with Crippen molar-refractivity contribution in [1.82, 2.24) is 0 Å². The second kappa shape index (κ2) is 8.68. The number of nitrogens with one attached hydrogen (secondary N) is 1. The molecule has 0 spiro atoms. The Morgan fingerprint density at radius 2 is 1.87 bits per heavy atom. The first-order valence-corrected chi connectivity index (χ1v) is 12.2. The zero-order valence-electron chi connectivity index (χ0n) is 17.3. The molecule has 0 saturated heterocycles. The van der Waals surface area contributed by atoms with Crippen LogP contribution < -0.4 is 14.4 Å². The minimum Gasteiger partial charge on any atom is -0.494 e. The molecule has 0 atom stereocenters. The molecule has 6 nitrogen and oxygen atoms in total. The highest BCUT2D eigenvalue weighted by atomic mass is 32.2. The van der Waals surface area contributed by atoms with Crippen LogP contribution in [0.5, 0.6) is 5.75 Å². The number of fused-ring (bicyclic) bond motifs is 1. The number of hydrogen-bond donors (Lipinski definition) is 1. The Bertz CT molecular complexity index is 1010. The molecular weight excluding hydrogens is 400 g/mol. The fourth-order valence-corrected chi connectivity index (χ4v) is 5.29. The van der Waals surface area contributed by atoms with Crippen LogP contribution in [0.1, 0.15) is 44.6 Å². The Kier molecular flexibility index (Phi) is 5.99. The van der Waals surface area contributed by atoms with E-state index in [1.807, 2.05) is 24.0 Å². The second-order valence-electron chi connectivity index (χ2n) is 7.99. The quantitative estimate of drug-likeness (QED) is 0.711. The number of carbonyl (C=O) groups is 1. The van der Waals surface area contributed by atoms with Crippen molar-refractivity contribution < 1.29 is 17.9 Å². The molecule has 160 valence electrons. The predicted molar refractivity (Wildman–Crippen MR) is 117 cm³/mol. The monoisotopic (exact) mass is 428 g/mol. The lowest BCUT2D eigenvalue weighted by Crippen LogP contribution is -2.33. The highest BCUT2D eigenvalue weighted by molar-refractivity contribution is 7.92. The van der Waals surface area contributed by atoms with Gasteiger partial charge < -0.3 is 9.64 Å². The van der Waals surface area contributed by atoms with Gasteiger partial charge >= 0.3 is 0 Å². The van der Waals surface area contributed by atoms with Gasteiger partial charge in [0.1, 0.15) is 5.75 Å². The maximum Gasteiger partial charge on any atom is 0.261 e. The molecule has 1 amide bonds. The van der Waals surface area contributed by atoms with Gasteiger partial charge in [-0.15, -0.1) is 0 Å². The molecule has 1 N–H and O–H groups in total. The van der Waals surface area contributed by atoms with Gasteiger partial charge in [0.15, 0.2) is 0 Å². The number of rotatable bonds is 7. The minimum absolute atomic E-state index is 0.137. The second-order valence-corrected chi connectivity index (χ2v) is 9.67. The van der Waals surface area contributed by atoms with E-state index in [2.05, 4.69) is 4.72 Å². The van der Waals surface area contributed by atoms with Gasteiger partial charge in [0.25, 0.3) is 10.0 Å². The lowest BCUT2D eigenvalue weighted by Gasteiger charge is -2.21. The van der Waals surface area contributed by atoms with E-state index in [4.69, 9.17) is 4.74 Å². The molecule has 1 fully saturated rings.